The molecular formula is C23H27ClF2N6O5. The number of aromatic nitrogens is 6. The van der Waals surface area contributed by atoms with Crippen molar-refractivity contribution in [1.82, 2.24) is 30.0 Å². The first kappa shape index (κ1) is 26.1. The molecule has 0 bridgehead atoms. The molecule has 3 aromatic rings. The van der Waals surface area contributed by atoms with E-state index in [1.54, 1.807) is 4.68 Å². The van der Waals surface area contributed by atoms with Gasteiger partial charge < -0.3 is 24.4 Å². The molecule has 6 atom stereocenters. The van der Waals surface area contributed by atoms with Crippen LogP contribution in [0.3, 0.4) is 0 Å². The summed E-state index contributed by atoms with van der Waals surface area (Å²) in [4.78, 5) is 0. The lowest BCUT2D eigenvalue weighted by molar-refractivity contribution is -0.212. The van der Waals surface area contributed by atoms with E-state index in [4.69, 9.17) is 25.8 Å². The fourth-order valence-corrected chi connectivity index (χ4v) is 5.04. The second kappa shape index (κ2) is 10.3. The maximum atomic E-state index is 14.5. The molecule has 11 nitrogen and oxygen atoms in total. The van der Waals surface area contributed by atoms with E-state index in [9.17, 15) is 19.0 Å². The van der Waals surface area contributed by atoms with Crippen LogP contribution >= 0.6 is 11.6 Å². The van der Waals surface area contributed by atoms with Crippen molar-refractivity contribution in [3.63, 3.8) is 0 Å². The Morgan fingerprint density at radius 2 is 2.00 bits per heavy atom. The minimum Gasteiger partial charge on any atom is -0.394 e. The molecule has 0 aliphatic carbocycles. The van der Waals surface area contributed by atoms with Crippen LogP contribution in [0.5, 0.6) is 0 Å². The van der Waals surface area contributed by atoms with Gasteiger partial charge in [-0.15, -0.1) is 10.2 Å². The zero-order chi connectivity index (χ0) is 26.3. The number of methoxy groups -OCH3 is 1. The lowest BCUT2D eigenvalue weighted by Crippen LogP contribution is -2.57. The number of hydrogen-bond acceptors (Lipinski definition) is 9. The summed E-state index contributed by atoms with van der Waals surface area (Å²) in [5.74, 6) is -2.35. The standard InChI is InChI=1S/C23H27ClF2N6O5/c1-23(5-6-36-11-23)32-8-12(27-30-32)7-16-22(35-2)20(21(34)17(10-33)37-16)31-9-15(28-29-31)13-3-4-14(24)19(26)18(13)25/h3-4,8-9,16-17,20-22,33-34H,5-7,10-11H2,1-2H3/t16-,17-,20+,21+,22+,23?/m1/s1. The summed E-state index contributed by atoms with van der Waals surface area (Å²) in [7, 11) is 1.46. The van der Waals surface area contributed by atoms with E-state index < -0.39 is 48.7 Å². The Kier molecular flexibility index (Phi) is 7.27. The summed E-state index contributed by atoms with van der Waals surface area (Å²) >= 11 is 5.66. The van der Waals surface area contributed by atoms with Gasteiger partial charge in [0.15, 0.2) is 11.6 Å². The van der Waals surface area contributed by atoms with Crippen LogP contribution in [-0.2, 0) is 26.2 Å². The van der Waals surface area contributed by atoms with Crippen molar-refractivity contribution < 1.29 is 33.2 Å². The molecule has 4 heterocycles. The SMILES string of the molecule is CO[C@@H]1[C@@H](n2cc(-c3ccc(Cl)c(F)c3F)nn2)[C@@H](O)[C@@H](CO)O[C@@H]1Cc1cn(C2(C)CCOC2)nn1. The second-order valence-electron chi connectivity index (χ2n) is 9.54. The van der Waals surface area contributed by atoms with Gasteiger partial charge in [0.25, 0.3) is 0 Å². The van der Waals surface area contributed by atoms with E-state index in [2.05, 4.69) is 20.6 Å². The summed E-state index contributed by atoms with van der Waals surface area (Å²) in [6, 6.07) is 1.65. The summed E-state index contributed by atoms with van der Waals surface area (Å²) in [6.45, 7) is 2.75. The maximum absolute atomic E-state index is 14.5. The number of ether oxygens (including phenoxy) is 3. The molecule has 0 saturated carbocycles. The highest BCUT2D eigenvalue weighted by Crippen LogP contribution is 2.35. The predicted molar refractivity (Wildman–Crippen MR) is 125 cm³/mol. The van der Waals surface area contributed by atoms with E-state index >= 15 is 0 Å². The van der Waals surface area contributed by atoms with E-state index in [0.717, 1.165) is 6.42 Å². The normalized spacial score (nSPS) is 30.2. The molecular weight excluding hydrogens is 514 g/mol. The highest BCUT2D eigenvalue weighted by atomic mass is 35.5. The van der Waals surface area contributed by atoms with Crippen molar-refractivity contribution in [3.8, 4) is 11.3 Å². The van der Waals surface area contributed by atoms with Crippen molar-refractivity contribution in [2.75, 3.05) is 26.9 Å². The lowest BCUT2D eigenvalue weighted by Gasteiger charge is -2.43. The molecule has 5 rings (SSSR count). The quantitative estimate of drug-likeness (QED) is 0.428. The number of rotatable bonds is 7. The molecule has 200 valence electrons. The van der Waals surface area contributed by atoms with Crippen LogP contribution in [0.15, 0.2) is 24.5 Å². The Bertz CT molecular complexity index is 1250. The van der Waals surface area contributed by atoms with Gasteiger partial charge in [-0.1, -0.05) is 22.0 Å². The highest BCUT2D eigenvalue weighted by Gasteiger charge is 2.47. The molecule has 0 amide bonds. The third-order valence-electron chi connectivity index (χ3n) is 7.06. The topological polar surface area (TPSA) is 130 Å². The molecule has 1 aromatic carbocycles. The van der Waals surface area contributed by atoms with Gasteiger partial charge >= 0.3 is 0 Å². The van der Waals surface area contributed by atoms with Gasteiger partial charge in [0, 0.05) is 31.9 Å². The Morgan fingerprint density at radius 3 is 2.70 bits per heavy atom. The predicted octanol–water partition coefficient (Wildman–Crippen LogP) is 1.52. The number of aliphatic hydroxyl groups is 2. The summed E-state index contributed by atoms with van der Waals surface area (Å²) in [5.41, 5.74) is 0.234. The monoisotopic (exact) mass is 540 g/mol. The number of aliphatic hydroxyl groups excluding tert-OH is 2. The molecule has 2 N–H and O–H groups in total. The fourth-order valence-electron chi connectivity index (χ4n) is 4.90. The molecule has 2 saturated heterocycles. The van der Waals surface area contributed by atoms with Crippen molar-refractivity contribution >= 4 is 11.6 Å². The molecule has 1 unspecified atom stereocenters. The molecule has 2 aliphatic heterocycles. The molecule has 0 radical (unpaired) electrons. The van der Waals surface area contributed by atoms with Crippen LogP contribution in [0.1, 0.15) is 25.1 Å². The first-order valence-electron chi connectivity index (χ1n) is 11.8. The zero-order valence-electron chi connectivity index (χ0n) is 20.2. The van der Waals surface area contributed by atoms with E-state index in [1.165, 1.54) is 30.1 Å². The minimum absolute atomic E-state index is 0.0358. The Morgan fingerprint density at radius 1 is 1.19 bits per heavy atom. The first-order chi connectivity index (χ1) is 17.8. The molecule has 37 heavy (non-hydrogen) atoms. The second-order valence-corrected chi connectivity index (χ2v) is 9.95. The molecule has 0 spiro atoms. The average molecular weight is 541 g/mol. The third-order valence-corrected chi connectivity index (χ3v) is 7.36. The molecule has 2 aromatic heterocycles. The maximum Gasteiger partial charge on any atom is 0.178 e. The molecule has 14 heteroatoms. The average Bonchev–Trinajstić information content (AvgIpc) is 3.65. The van der Waals surface area contributed by atoms with Crippen LogP contribution in [-0.4, -0.2) is 91.5 Å². The van der Waals surface area contributed by atoms with Crippen LogP contribution in [0.4, 0.5) is 8.78 Å². The summed E-state index contributed by atoms with van der Waals surface area (Å²) in [5, 5.41) is 37.1. The Balaban J connectivity index is 1.43. The van der Waals surface area contributed by atoms with Gasteiger partial charge in [0.1, 0.15) is 30.0 Å². The number of halogens is 3. The smallest absolute Gasteiger partial charge is 0.178 e. The third kappa shape index (κ3) is 4.75. The highest BCUT2D eigenvalue weighted by molar-refractivity contribution is 6.30. The van der Waals surface area contributed by atoms with Gasteiger partial charge in [-0.3, -0.25) is 0 Å². The largest absolute Gasteiger partial charge is 0.394 e. The van der Waals surface area contributed by atoms with Crippen LogP contribution in [0.25, 0.3) is 11.3 Å². The number of hydrogen-bond donors (Lipinski definition) is 2. The van der Waals surface area contributed by atoms with Gasteiger partial charge in [0.05, 0.1) is 41.8 Å². The Labute approximate surface area is 215 Å². The molecule has 2 aliphatic rings. The molecule has 2 fully saturated rings. The van der Waals surface area contributed by atoms with Gasteiger partial charge in [-0.2, -0.15) is 0 Å². The van der Waals surface area contributed by atoms with E-state index in [-0.39, 0.29) is 28.2 Å². The number of benzene rings is 1. The van der Waals surface area contributed by atoms with Gasteiger partial charge in [-0.05, 0) is 25.5 Å². The first-order valence-corrected chi connectivity index (χ1v) is 12.2. The van der Waals surface area contributed by atoms with E-state index in [0.29, 0.717) is 18.9 Å². The Hall–Kier alpha value is -2.55. The van der Waals surface area contributed by atoms with Crippen molar-refractivity contribution in [1.29, 1.82) is 0 Å². The van der Waals surface area contributed by atoms with Crippen molar-refractivity contribution in [2.45, 2.75) is 55.8 Å². The van der Waals surface area contributed by atoms with Crippen molar-refractivity contribution in [3.05, 3.63) is 46.9 Å². The lowest BCUT2D eigenvalue weighted by atomic mass is 9.90. The number of nitrogens with zero attached hydrogens (tertiary/aromatic N) is 6. The van der Waals surface area contributed by atoms with Gasteiger partial charge in [-0.25, -0.2) is 18.1 Å². The van der Waals surface area contributed by atoms with Crippen LogP contribution in [0.2, 0.25) is 5.02 Å². The van der Waals surface area contributed by atoms with Crippen LogP contribution < -0.4 is 0 Å². The summed E-state index contributed by atoms with van der Waals surface area (Å²) in [6.07, 6.45) is 0.675. The zero-order valence-corrected chi connectivity index (χ0v) is 20.9. The van der Waals surface area contributed by atoms with Gasteiger partial charge in [0.2, 0.25) is 0 Å². The minimum atomic E-state index is -1.24. The fraction of sp³-hybridized carbons (Fsp3) is 0.565. The van der Waals surface area contributed by atoms with Crippen LogP contribution in [0, 0.1) is 11.6 Å². The van der Waals surface area contributed by atoms with Crippen molar-refractivity contribution in [2.24, 2.45) is 0 Å². The van der Waals surface area contributed by atoms with E-state index in [1.807, 2.05) is 13.1 Å². The summed E-state index contributed by atoms with van der Waals surface area (Å²) < 4.78 is 48.8.